The molecule has 8 heteroatoms. The largest absolute Gasteiger partial charge is 0.377 e. The van der Waals surface area contributed by atoms with Gasteiger partial charge in [0.2, 0.25) is 5.91 Å². The molecule has 2 aromatic rings. The maximum Gasteiger partial charge on any atom is 0.224 e. The molecule has 2 N–H and O–H groups in total. The minimum atomic E-state index is 0.0754. The summed E-state index contributed by atoms with van der Waals surface area (Å²) in [6, 6.07) is 7.58. The number of methoxy groups -OCH3 is 1. The van der Waals surface area contributed by atoms with Crippen molar-refractivity contribution in [3.05, 3.63) is 30.1 Å². The molecule has 1 aliphatic rings. The van der Waals surface area contributed by atoms with Gasteiger partial charge in [0, 0.05) is 35.8 Å². The maximum absolute atomic E-state index is 12.1. The van der Waals surface area contributed by atoms with Gasteiger partial charge in [-0.3, -0.25) is 9.89 Å². The lowest BCUT2D eigenvalue weighted by molar-refractivity contribution is -0.116. The molecule has 1 aliphatic heterocycles. The summed E-state index contributed by atoms with van der Waals surface area (Å²) in [5, 5.41) is 10.8. The number of benzene rings is 1. The third kappa shape index (κ3) is 5.75. The predicted molar refractivity (Wildman–Crippen MR) is 108 cm³/mol. The summed E-state index contributed by atoms with van der Waals surface area (Å²) in [5.74, 6) is 2.66. The number of carbonyl (C=O) groups is 1. The lowest BCUT2D eigenvalue weighted by Crippen LogP contribution is -2.11. The van der Waals surface area contributed by atoms with Crippen LogP contribution in [0.1, 0.15) is 37.9 Å². The van der Waals surface area contributed by atoms with Crippen LogP contribution in [0.2, 0.25) is 0 Å². The fourth-order valence-corrected chi connectivity index (χ4v) is 5.80. The van der Waals surface area contributed by atoms with Crippen LogP contribution in [0.25, 0.3) is 11.4 Å². The van der Waals surface area contributed by atoms with Gasteiger partial charge in [0.05, 0.1) is 0 Å². The van der Waals surface area contributed by atoms with E-state index in [1.54, 1.807) is 7.11 Å². The van der Waals surface area contributed by atoms with Crippen molar-refractivity contribution >= 4 is 33.2 Å². The fraction of sp³-hybridized carbons (Fsp3) is 0.500. The third-order valence-electron chi connectivity index (χ3n) is 4.15. The summed E-state index contributed by atoms with van der Waals surface area (Å²) in [6.45, 7) is 0.402. The van der Waals surface area contributed by atoms with Crippen LogP contribution in [0.4, 0.5) is 5.69 Å². The number of anilines is 1. The highest BCUT2D eigenvalue weighted by Crippen LogP contribution is 2.39. The van der Waals surface area contributed by atoms with Crippen LogP contribution in [-0.2, 0) is 16.1 Å². The van der Waals surface area contributed by atoms with Crippen molar-refractivity contribution in [1.82, 2.24) is 15.2 Å². The summed E-state index contributed by atoms with van der Waals surface area (Å²) in [4.78, 5) is 16.4. The van der Waals surface area contributed by atoms with E-state index in [9.17, 15) is 4.79 Å². The molecule has 0 bridgehead atoms. The molecular formula is C18H24N4O2S2. The number of amides is 1. The Morgan fingerprint density at radius 3 is 2.92 bits per heavy atom. The van der Waals surface area contributed by atoms with E-state index in [1.165, 1.54) is 18.6 Å². The molecule has 26 heavy (non-hydrogen) atoms. The Labute approximate surface area is 161 Å². The van der Waals surface area contributed by atoms with Crippen molar-refractivity contribution in [3.63, 3.8) is 0 Å². The molecule has 1 aromatic carbocycles. The van der Waals surface area contributed by atoms with Crippen LogP contribution in [0.15, 0.2) is 24.3 Å². The Balaban J connectivity index is 1.42. The van der Waals surface area contributed by atoms with E-state index in [2.05, 4.69) is 20.5 Å². The topological polar surface area (TPSA) is 79.9 Å². The number of nitrogens with zero attached hydrogens (tertiary/aromatic N) is 2. The van der Waals surface area contributed by atoms with Crippen LogP contribution >= 0.6 is 21.6 Å². The van der Waals surface area contributed by atoms with Gasteiger partial charge >= 0.3 is 0 Å². The van der Waals surface area contributed by atoms with Gasteiger partial charge in [-0.2, -0.15) is 5.10 Å². The first-order valence-electron chi connectivity index (χ1n) is 8.83. The van der Waals surface area contributed by atoms with E-state index in [4.69, 9.17) is 4.74 Å². The Hall–Kier alpha value is -1.51. The molecular weight excluding hydrogens is 368 g/mol. The zero-order chi connectivity index (χ0) is 18.2. The van der Waals surface area contributed by atoms with E-state index >= 15 is 0 Å². The van der Waals surface area contributed by atoms with Crippen molar-refractivity contribution < 1.29 is 9.53 Å². The third-order valence-corrected chi connectivity index (χ3v) is 7.15. The summed E-state index contributed by atoms with van der Waals surface area (Å²) >= 11 is 0. The quantitative estimate of drug-likeness (QED) is 0.490. The van der Waals surface area contributed by atoms with Gasteiger partial charge in [0.1, 0.15) is 6.61 Å². The molecule has 0 saturated carbocycles. The van der Waals surface area contributed by atoms with Gasteiger partial charge in [0.15, 0.2) is 11.6 Å². The van der Waals surface area contributed by atoms with Crippen molar-refractivity contribution in [2.45, 2.75) is 44.0 Å². The molecule has 0 spiro atoms. The average molecular weight is 393 g/mol. The monoisotopic (exact) mass is 392 g/mol. The first kappa shape index (κ1) is 19.3. The smallest absolute Gasteiger partial charge is 0.224 e. The number of ether oxygens (including phenoxy) is 1. The van der Waals surface area contributed by atoms with Crippen molar-refractivity contribution in [2.24, 2.45) is 0 Å². The minimum Gasteiger partial charge on any atom is -0.377 e. The van der Waals surface area contributed by atoms with Gasteiger partial charge in [-0.05, 0) is 43.5 Å². The second-order valence-corrected chi connectivity index (χ2v) is 9.03. The number of aromatic nitrogens is 3. The molecule has 1 aromatic heterocycles. The SMILES string of the molecule is COCc1nc(-c2ccc(NC(=O)CCCC[C@H]3CCSS3)cc2)n[nH]1. The average Bonchev–Trinajstić information content (AvgIpc) is 3.32. The number of rotatable bonds is 9. The van der Waals surface area contributed by atoms with E-state index < -0.39 is 0 Å². The highest BCUT2D eigenvalue weighted by atomic mass is 33.1. The van der Waals surface area contributed by atoms with Crippen molar-refractivity contribution in [2.75, 3.05) is 18.2 Å². The zero-order valence-electron chi connectivity index (χ0n) is 14.9. The van der Waals surface area contributed by atoms with Crippen molar-refractivity contribution in [3.8, 4) is 11.4 Å². The van der Waals surface area contributed by atoms with Crippen LogP contribution in [0, 0.1) is 0 Å². The van der Waals surface area contributed by atoms with Gasteiger partial charge in [-0.25, -0.2) is 4.98 Å². The number of hydrogen-bond donors (Lipinski definition) is 2. The number of unbranched alkanes of at least 4 members (excludes halogenated alkanes) is 1. The van der Waals surface area contributed by atoms with Gasteiger partial charge in [-0.1, -0.05) is 28.0 Å². The number of H-pyrrole nitrogens is 1. The standard InChI is InChI=1S/C18H24N4O2S2/c1-24-12-16-20-18(22-21-16)13-6-8-14(9-7-13)19-17(23)5-3-2-4-15-10-11-25-26-15/h6-9,15H,2-5,10-12H2,1H3,(H,19,23)(H,20,21,22)/t15-/m0/s1. The normalized spacial score (nSPS) is 16.7. The minimum absolute atomic E-state index is 0.0754. The van der Waals surface area contributed by atoms with E-state index in [-0.39, 0.29) is 5.91 Å². The molecule has 0 radical (unpaired) electrons. The number of carbonyl (C=O) groups excluding carboxylic acids is 1. The molecule has 0 unspecified atom stereocenters. The Kier molecular flexibility index (Phi) is 7.40. The Bertz CT molecular complexity index is 699. The van der Waals surface area contributed by atoms with E-state index in [1.807, 2.05) is 45.9 Å². The molecule has 6 nitrogen and oxygen atoms in total. The fourth-order valence-electron chi connectivity index (χ4n) is 2.77. The Morgan fingerprint density at radius 2 is 2.19 bits per heavy atom. The highest BCUT2D eigenvalue weighted by Gasteiger charge is 2.15. The number of aromatic amines is 1. The predicted octanol–water partition coefficient (Wildman–Crippen LogP) is 4.27. The summed E-state index contributed by atoms with van der Waals surface area (Å²) in [7, 11) is 5.59. The second kappa shape index (κ2) is 9.99. The van der Waals surface area contributed by atoms with Crippen molar-refractivity contribution in [1.29, 1.82) is 0 Å². The van der Waals surface area contributed by atoms with Crippen LogP contribution in [0.5, 0.6) is 0 Å². The molecule has 0 aliphatic carbocycles. The second-order valence-electron chi connectivity index (χ2n) is 6.24. The first-order valence-corrected chi connectivity index (χ1v) is 11.2. The number of hydrogen-bond acceptors (Lipinski definition) is 6. The van der Waals surface area contributed by atoms with E-state index in [0.29, 0.717) is 24.7 Å². The highest BCUT2D eigenvalue weighted by molar-refractivity contribution is 8.77. The summed E-state index contributed by atoms with van der Waals surface area (Å²) in [5.41, 5.74) is 1.70. The van der Waals surface area contributed by atoms with Crippen LogP contribution in [0.3, 0.4) is 0 Å². The molecule has 2 heterocycles. The van der Waals surface area contributed by atoms with Gasteiger partial charge in [0.25, 0.3) is 0 Å². The van der Waals surface area contributed by atoms with Crippen LogP contribution < -0.4 is 5.32 Å². The molecule has 3 rings (SSSR count). The number of nitrogens with one attached hydrogen (secondary N) is 2. The molecule has 1 fully saturated rings. The van der Waals surface area contributed by atoms with Crippen LogP contribution in [-0.4, -0.2) is 39.2 Å². The Morgan fingerprint density at radius 1 is 1.35 bits per heavy atom. The molecule has 1 atom stereocenters. The first-order chi connectivity index (χ1) is 12.7. The van der Waals surface area contributed by atoms with E-state index in [0.717, 1.165) is 29.3 Å². The summed E-state index contributed by atoms with van der Waals surface area (Å²) < 4.78 is 5.03. The van der Waals surface area contributed by atoms with Gasteiger partial charge in [-0.15, -0.1) is 0 Å². The molecule has 140 valence electrons. The maximum atomic E-state index is 12.1. The zero-order valence-corrected chi connectivity index (χ0v) is 16.5. The molecule has 1 saturated heterocycles. The molecule has 1 amide bonds. The summed E-state index contributed by atoms with van der Waals surface area (Å²) in [6.07, 6.45) is 5.19. The van der Waals surface area contributed by atoms with Gasteiger partial charge < -0.3 is 10.1 Å². The lowest BCUT2D eigenvalue weighted by atomic mass is 10.1. The lowest BCUT2D eigenvalue weighted by Gasteiger charge is -2.08.